The summed E-state index contributed by atoms with van der Waals surface area (Å²) in [6.07, 6.45) is -0.0394. The van der Waals surface area contributed by atoms with Crippen LogP contribution in [0.25, 0.3) is 0 Å². The Balaban J connectivity index is 0.00000106. The van der Waals surface area contributed by atoms with Crippen LogP contribution < -0.4 is 4.74 Å². The number of ether oxygens (including phenoxy) is 1. The summed E-state index contributed by atoms with van der Waals surface area (Å²) in [5, 5.41) is 8.87. The third-order valence-corrected chi connectivity index (χ3v) is 2.03. The highest BCUT2D eigenvalue weighted by Gasteiger charge is 2.12. The number of benzene rings is 1. The van der Waals surface area contributed by atoms with E-state index in [0.717, 1.165) is 4.47 Å². The second-order valence-electron chi connectivity index (χ2n) is 3.11. The molecule has 1 aromatic carbocycles. The van der Waals surface area contributed by atoms with E-state index < -0.39 is 5.97 Å². The first kappa shape index (κ1) is 15.0. The Labute approximate surface area is 105 Å². The fourth-order valence-electron chi connectivity index (χ4n) is 1.02. The molecule has 0 amide bonds. The van der Waals surface area contributed by atoms with Crippen LogP contribution in [0.3, 0.4) is 0 Å². The van der Waals surface area contributed by atoms with Crippen molar-refractivity contribution in [1.29, 1.82) is 0 Å². The highest BCUT2D eigenvalue weighted by atomic mass is 79.9. The lowest BCUT2D eigenvalue weighted by Crippen LogP contribution is -2.09. The van der Waals surface area contributed by atoms with E-state index in [9.17, 15) is 4.79 Å². The Morgan fingerprint density at radius 2 is 1.94 bits per heavy atom. The summed E-state index contributed by atoms with van der Waals surface area (Å²) in [5.41, 5.74) is 0.182. The van der Waals surface area contributed by atoms with Crippen molar-refractivity contribution >= 4 is 21.9 Å². The average Bonchev–Trinajstić information content (AvgIpc) is 2.19. The van der Waals surface area contributed by atoms with E-state index >= 15 is 0 Å². The summed E-state index contributed by atoms with van der Waals surface area (Å²) >= 11 is 3.26. The molecule has 0 heterocycles. The summed E-state index contributed by atoms with van der Waals surface area (Å²) in [6.45, 7) is 7.71. The quantitative estimate of drug-likeness (QED) is 0.916. The van der Waals surface area contributed by atoms with Crippen molar-refractivity contribution < 1.29 is 14.6 Å². The monoisotopic (exact) mass is 288 g/mol. The van der Waals surface area contributed by atoms with Gasteiger partial charge in [-0.3, -0.25) is 0 Å². The minimum atomic E-state index is -0.979. The van der Waals surface area contributed by atoms with E-state index in [2.05, 4.69) is 15.9 Å². The standard InChI is InChI=1S/C10H11BrO3.C2H6/c1-6(2)14-9-5-7(11)3-4-8(9)10(12)13;1-2/h3-6H,1-2H3,(H,12,13);1-2H3. The number of carboxylic acids is 1. The first-order chi connectivity index (χ1) is 7.50. The number of halogens is 1. The number of hydrogen-bond acceptors (Lipinski definition) is 2. The van der Waals surface area contributed by atoms with Gasteiger partial charge in [0.25, 0.3) is 0 Å². The van der Waals surface area contributed by atoms with E-state index in [1.807, 2.05) is 27.7 Å². The molecule has 0 spiro atoms. The fraction of sp³-hybridized carbons (Fsp3) is 0.417. The Kier molecular flexibility index (Phi) is 6.81. The Morgan fingerprint density at radius 1 is 1.38 bits per heavy atom. The predicted molar refractivity (Wildman–Crippen MR) is 68.2 cm³/mol. The van der Waals surface area contributed by atoms with Gasteiger partial charge in [0.15, 0.2) is 0 Å². The SMILES string of the molecule is CC.CC(C)Oc1cc(Br)ccc1C(=O)O. The number of aromatic carboxylic acids is 1. The van der Waals surface area contributed by atoms with Gasteiger partial charge in [0.05, 0.1) is 6.10 Å². The molecule has 0 atom stereocenters. The number of carboxylic acid groups (broad SMARTS) is 1. The molecule has 0 aliphatic heterocycles. The van der Waals surface area contributed by atoms with E-state index in [1.54, 1.807) is 12.1 Å². The van der Waals surface area contributed by atoms with Gasteiger partial charge in [0.1, 0.15) is 11.3 Å². The van der Waals surface area contributed by atoms with Crippen LogP contribution in [-0.2, 0) is 0 Å². The molecule has 1 rings (SSSR count). The van der Waals surface area contributed by atoms with Crippen LogP contribution in [0, 0.1) is 0 Å². The molecule has 16 heavy (non-hydrogen) atoms. The van der Waals surface area contributed by atoms with Crippen LogP contribution in [0.2, 0.25) is 0 Å². The Bertz CT molecular complexity index is 348. The van der Waals surface area contributed by atoms with E-state index in [0.29, 0.717) is 5.75 Å². The van der Waals surface area contributed by atoms with Crippen molar-refractivity contribution in [2.24, 2.45) is 0 Å². The third-order valence-electron chi connectivity index (χ3n) is 1.54. The third kappa shape index (κ3) is 4.66. The van der Waals surface area contributed by atoms with E-state index in [-0.39, 0.29) is 11.7 Å². The molecule has 0 bridgehead atoms. The molecule has 0 aromatic heterocycles. The predicted octanol–water partition coefficient (Wildman–Crippen LogP) is 3.96. The minimum absolute atomic E-state index is 0.0394. The number of carbonyl (C=O) groups is 1. The Morgan fingerprint density at radius 3 is 2.38 bits per heavy atom. The van der Waals surface area contributed by atoms with Gasteiger partial charge in [-0.05, 0) is 32.0 Å². The van der Waals surface area contributed by atoms with Crippen molar-refractivity contribution in [3.63, 3.8) is 0 Å². The molecule has 4 heteroatoms. The van der Waals surface area contributed by atoms with Crippen LogP contribution in [0.4, 0.5) is 0 Å². The fourth-order valence-corrected chi connectivity index (χ4v) is 1.36. The zero-order valence-corrected chi connectivity index (χ0v) is 11.5. The molecule has 90 valence electrons. The maximum absolute atomic E-state index is 10.8. The van der Waals surface area contributed by atoms with Gasteiger partial charge >= 0.3 is 5.97 Å². The van der Waals surface area contributed by atoms with Gasteiger partial charge in [0, 0.05) is 4.47 Å². The summed E-state index contributed by atoms with van der Waals surface area (Å²) < 4.78 is 6.18. The second-order valence-corrected chi connectivity index (χ2v) is 4.03. The van der Waals surface area contributed by atoms with Gasteiger partial charge in [-0.2, -0.15) is 0 Å². The molecule has 0 saturated carbocycles. The average molecular weight is 289 g/mol. The molecule has 0 aliphatic carbocycles. The summed E-state index contributed by atoms with van der Waals surface area (Å²) in [4.78, 5) is 10.8. The number of rotatable bonds is 3. The summed E-state index contributed by atoms with van der Waals surface area (Å²) in [5.74, 6) is -0.588. The first-order valence-electron chi connectivity index (χ1n) is 5.20. The van der Waals surface area contributed by atoms with Crippen molar-refractivity contribution in [2.45, 2.75) is 33.8 Å². The second kappa shape index (κ2) is 7.28. The first-order valence-corrected chi connectivity index (χ1v) is 5.99. The normalized spacial score (nSPS) is 9.38. The molecular formula is C12H17BrO3. The molecule has 1 N–H and O–H groups in total. The molecule has 0 aliphatic rings. The van der Waals surface area contributed by atoms with Gasteiger partial charge in [-0.25, -0.2) is 4.79 Å². The molecule has 0 radical (unpaired) electrons. The lowest BCUT2D eigenvalue weighted by atomic mass is 10.2. The van der Waals surface area contributed by atoms with Gasteiger partial charge in [-0.15, -0.1) is 0 Å². The van der Waals surface area contributed by atoms with E-state index in [4.69, 9.17) is 9.84 Å². The molecule has 3 nitrogen and oxygen atoms in total. The number of hydrogen-bond donors (Lipinski definition) is 1. The topological polar surface area (TPSA) is 46.5 Å². The smallest absolute Gasteiger partial charge is 0.339 e. The molecule has 0 unspecified atom stereocenters. The van der Waals surface area contributed by atoms with Gasteiger partial charge < -0.3 is 9.84 Å². The molecule has 0 fully saturated rings. The lowest BCUT2D eigenvalue weighted by molar-refractivity contribution is 0.0690. The maximum Gasteiger partial charge on any atom is 0.339 e. The highest BCUT2D eigenvalue weighted by molar-refractivity contribution is 9.10. The lowest BCUT2D eigenvalue weighted by Gasteiger charge is -2.12. The van der Waals surface area contributed by atoms with Crippen molar-refractivity contribution in [1.82, 2.24) is 0 Å². The van der Waals surface area contributed by atoms with Crippen LogP contribution in [0.15, 0.2) is 22.7 Å². The molecule has 0 saturated heterocycles. The van der Waals surface area contributed by atoms with Crippen molar-refractivity contribution in [3.8, 4) is 5.75 Å². The zero-order valence-electron chi connectivity index (χ0n) is 9.95. The van der Waals surface area contributed by atoms with Crippen LogP contribution in [-0.4, -0.2) is 17.2 Å². The van der Waals surface area contributed by atoms with Crippen LogP contribution in [0.1, 0.15) is 38.1 Å². The van der Waals surface area contributed by atoms with E-state index in [1.165, 1.54) is 6.07 Å². The molecular weight excluding hydrogens is 272 g/mol. The van der Waals surface area contributed by atoms with Crippen LogP contribution >= 0.6 is 15.9 Å². The Hall–Kier alpha value is -1.03. The zero-order chi connectivity index (χ0) is 12.7. The maximum atomic E-state index is 10.8. The van der Waals surface area contributed by atoms with Crippen molar-refractivity contribution in [2.75, 3.05) is 0 Å². The van der Waals surface area contributed by atoms with Crippen LogP contribution in [0.5, 0.6) is 5.75 Å². The van der Waals surface area contributed by atoms with Gasteiger partial charge in [0.2, 0.25) is 0 Å². The summed E-state index contributed by atoms with van der Waals surface area (Å²) in [7, 11) is 0. The molecule has 1 aromatic rings. The highest BCUT2D eigenvalue weighted by Crippen LogP contribution is 2.24. The largest absolute Gasteiger partial charge is 0.490 e. The van der Waals surface area contributed by atoms with Gasteiger partial charge in [-0.1, -0.05) is 29.8 Å². The van der Waals surface area contributed by atoms with Crippen molar-refractivity contribution in [3.05, 3.63) is 28.2 Å². The summed E-state index contributed by atoms with van der Waals surface area (Å²) in [6, 6.07) is 4.85. The minimum Gasteiger partial charge on any atom is -0.490 e.